The number of guanidine groups is 1. The van der Waals surface area contributed by atoms with E-state index in [-0.39, 0.29) is 51.8 Å². The van der Waals surface area contributed by atoms with Crippen molar-refractivity contribution in [2.75, 3.05) is 33.0 Å². The van der Waals surface area contributed by atoms with Gasteiger partial charge in [-0.25, -0.2) is 14.4 Å². The van der Waals surface area contributed by atoms with Crippen LogP contribution in [-0.2, 0) is 23.9 Å². The molecule has 0 saturated carbocycles. The van der Waals surface area contributed by atoms with Gasteiger partial charge in [0.1, 0.15) is 6.04 Å². The lowest BCUT2D eigenvalue weighted by Gasteiger charge is -2.14. The highest BCUT2D eigenvalue weighted by molar-refractivity contribution is 5.92. The molecule has 2 amide bonds. The van der Waals surface area contributed by atoms with E-state index in [4.69, 9.17) is 15.2 Å². The van der Waals surface area contributed by atoms with Crippen LogP contribution in [0.4, 0.5) is 9.59 Å². The van der Waals surface area contributed by atoms with Crippen LogP contribution in [0.3, 0.4) is 0 Å². The Kier molecular flexibility index (Phi) is 19.7. The van der Waals surface area contributed by atoms with Gasteiger partial charge >= 0.3 is 18.2 Å². The van der Waals surface area contributed by atoms with E-state index < -0.39 is 34.4 Å². The van der Waals surface area contributed by atoms with Crippen molar-refractivity contribution in [1.82, 2.24) is 10.6 Å². The van der Waals surface area contributed by atoms with Crippen LogP contribution in [0.5, 0.6) is 0 Å². The molecule has 0 aliphatic heterocycles. The first-order valence-electron chi connectivity index (χ1n) is 12.1. The molecule has 0 aliphatic carbocycles. The predicted octanol–water partition coefficient (Wildman–Crippen LogP) is 1.52. The zero-order chi connectivity index (χ0) is 28.6. The van der Waals surface area contributed by atoms with Gasteiger partial charge in [-0.3, -0.25) is 10.3 Å². The topological polar surface area (TPSA) is 257 Å². The second-order valence-corrected chi connectivity index (χ2v) is 7.78. The smallest absolute Gasteiger partial charge is 0.413 e. The molecule has 218 valence electrons. The molecule has 0 radical (unpaired) electrons. The molecule has 1 unspecified atom stereocenters. The summed E-state index contributed by atoms with van der Waals surface area (Å²) >= 11 is 0. The summed E-state index contributed by atoms with van der Waals surface area (Å²) in [5.74, 6) is -1.46. The quantitative estimate of drug-likeness (QED) is 0.0489. The summed E-state index contributed by atoms with van der Waals surface area (Å²) in [7, 11) is 0. The number of carboxylic acids is 1. The van der Waals surface area contributed by atoms with Crippen LogP contribution in [0.25, 0.3) is 0 Å². The minimum atomic E-state index is -1.25. The number of aliphatic imine (C=N–C) groups is 1. The number of unbranched alkanes of at least 4 members (excludes halogenated alkanes) is 6. The summed E-state index contributed by atoms with van der Waals surface area (Å²) in [6, 6.07) is -1.21. The summed E-state index contributed by atoms with van der Waals surface area (Å²) in [5.41, 5.74) is 5.59. The fraction of sp³-hybridized carbons (Fsp3) is 0.800. The van der Waals surface area contributed by atoms with Crippen molar-refractivity contribution in [3.63, 3.8) is 0 Å². The number of hydrogen-bond acceptors (Lipinski definition) is 12. The van der Waals surface area contributed by atoms with E-state index in [9.17, 15) is 39.7 Å². The van der Waals surface area contributed by atoms with Gasteiger partial charge in [0.2, 0.25) is 0 Å². The van der Waals surface area contributed by atoms with Crippen molar-refractivity contribution in [3.8, 4) is 0 Å². The number of rotatable bonds is 22. The van der Waals surface area contributed by atoms with Gasteiger partial charge in [-0.2, -0.15) is 0 Å². The van der Waals surface area contributed by atoms with Crippen LogP contribution in [-0.4, -0.2) is 78.4 Å². The van der Waals surface area contributed by atoms with Crippen LogP contribution in [0, 0.1) is 20.2 Å². The number of nitrogens with zero attached hydrogens (tertiary/aromatic N) is 3. The van der Waals surface area contributed by atoms with E-state index in [0.717, 1.165) is 0 Å². The highest BCUT2D eigenvalue weighted by Gasteiger charge is 2.20. The third-order valence-electron chi connectivity index (χ3n) is 4.69. The molecule has 0 heterocycles. The van der Waals surface area contributed by atoms with Gasteiger partial charge in [-0.15, -0.1) is 20.2 Å². The predicted molar refractivity (Wildman–Crippen MR) is 129 cm³/mol. The molecule has 0 aromatic heterocycles. The summed E-state index contributed by atoms with van der Waals surface area (Å²) in [4.78, 5) is 67.1. The van der Waals surface area contributed by atoms with Gasteiger partial charge in [0, 0.05) is 6.54 Å². The lowest BCUT2D eigenvalue weighted by Crippen LogP contribution is -2.41. The van der Waals surface area contributed by atoms with E-state index in [1.54, 1.807) is 0 Å². The first-order valence-corrected chi connectivity index (χ1v) is 12.1. The molecular formula is C20H36N6O12. The van der Waals surface area contributed by atoms with E-state index in [2.05, 4.69) is 25.3 Å². The fourth-order valence-electron chi connectivity index (χ4n) is 2.84. The molecule has 0 saturated heterocycles. The number of amides is 2. The van der Waals surface area contributed by atoms with E-state index in [0.29, 0.717) is 51.4 Å². The number of hydrogen-bond donors (Lipinski definition) is 4. The van der Waals surface area contributed by atoms with Crippen LogP contribution < -0.4 is 16.4 Å². The molecule has 1 atom stereocenters. The van der Waals surface area contributed by atoms with Gasteiger partial charge in [0.15, 0.2) is 5.96 Å². The zero-order valence-electron chi connectivity index (χ0n) is 21.0. The Morgan fingerprint density at radius 3 is 1.74 bits per heavy atom. The fourth-order valence-corrected chi connectivity index (χ4v) is 2.84. The van der Waals surface area contributed by atoms with Gasteiger partial charge in [0.25, 0.3) is 10.2 Å². The van der Waals surface area contributed by atoms with Crippen LogP contribution >= 0.6 is 0 Å². The molecular weight excluding hydrogens is 516 g/mol. The number of aliphatic carboxylic acids is 1. The third-order valence-corrected chi connectivity index (χ3v) is 4.69. The number of ether oxygens (including phenoxy) is 2. The SMILES string of the molecule is NC(=NCCCC(NC(=O)OCCCCCCO[N+](=O)[O-])C(=O)O)NC(=O)OCCCCCCO[N+](=O)[O-]. The Labute approximate surface area is 218 Å². The molecule has 18 nitrogen and oxygen atoms in total. The Balaban J connectivity index is 3.95. The maximum absolute atomic E-state index is 11.8. The largest absolute Gasteiger partial charge is 0.480 e. The van der Waals surface area contributed by atoms with Crippen LogP contribution in [0.15, 0.2) is 4.99 Å². The molecule has 0 aromatic rings. The average molecular weight is 553 g/mol. The number of carbonyl (C=O) groups is 3. The lowest BCUT2D eigenvalue weighted by molar-refractivity contribution is -0.757. The molecule has 0 bridgehead atoms. The summed E-state index contributed by atoms with van der Waals surface area (Å²) in [6.07, 6.45) is 3.32. The number of carbonyl (C=O) groups excluding carboxylic acids is 2. The molecule has 0 aliphatic rings. The minimum absolute atomic E-state index is 0.000697. The molecule has 0 rings (SSSR count). The second-order valence-electron chi connectivity index (χ2n) is 7.78. The monoisotopic (exact) mass is 552 g/mol. The van der Waals surface area contributed by atoms with E-state index in [1.807, 2.05) is 0 Å². The molecule has 18 heteroatoms. The summed E-state index contributed by atoms with van der Waals surface area (Å²) < 4.78 is 9.87. The van der Waals surface area contributed by atoms with Gasteiger partial charge in [-0.05, 0) is 51.4 Å². The maximum Gasteiger partial charge on any atom is 0.413 e. The number of nitrogens with one attached hydrogen (secondary N) is 2. The Morgan fingerprint density at radius 2 is 1.26 bits per heavy atom. The third kappa shape index (κ3) is 22.4. The van der Waals surface area contributed by atoms with Crippen molar-refractivity contribution >= 4 is 24.1 Å². The molecule has 5 N–H and O–H groups in total. The molecule has 0 spiro atoms. The van der Waals surface area contributed by atoms with Crippen molar-refractivity contribution in [3.05, 3.63) is 20.2 Å². The molecule has 38 heavy (non-hydrogen) atoms. The first-order chi connectivity index (χ1) is 18.1. The Bertz CT molecular complexity index is 767. The number of carboxylic acid groups (broad SMARTS) is 1. The standard InChI is InChI=1S/C20H36N6O12/c21-18(24-20(30)36-13-6-2-4-8-15-38-26(33)34)22-11-9-10-16(17(27)28)23-19(29)35-12-5-1-3-7-14-37-25(31)32/h16H,1-15H2,(H,23,29)(H,27,28)(H3,21,22,24,30). The highest BCUT2D eigenvalue weighted by atomic mass is 17.0. The summed E-state index contributed by atoms with van der Waals surface area (Å²) in [5, 5.41) is 32.0. The van der Waals surface area contributed by atoms with Crippen molar-refractivity contribution in [1.29, 1.82) is 0 Å². The van der Waals surface area contributed by atoms with Gasteiger partial charge in [0.05, 0.1) is 26.4 Å². The van der Waals surface area contributed by atoms with Crippen molar-refractivity contribution in [2.24, 2.45) is 10.7 Å². The van der Waals surface area contributed by atoms with E-state index >= 15 is 0 Å². The van der Waals surface area contributed by atoms with E-state index in [1.165, 1.54) is 0 Å². The zero-order valence-corrected chi connectivity index (χ0v) is 21.0. The normalized spacial score (nSPS) is 11.6. The Morgan fingerprint density at radius 1 is 0.789 bits per heavy atom. The first kappa shape index (κ1) is 33.9. The lowest BCUT2D eigenvalue weighted by atomic mass is 10.1. The van der Waals surface area contributed by atoms with Crippen LogP contribution in [0.2, 0.25) is 0 Å². The highest BCUT2D eigenvalue weighted by Crippen LogP contribution is 2.03. The minimum Gasteiger partial charge on any atom is -0.480 e. The van der Waals surface area contributed by atoms with Crippen molar-refractivity contribution < 1.29 is 48.8 Å². The molecule has 0 aromatic carbocycles. The maximum atomic E-state index is 11.8. The summed E-state index contributed by atoms with van der Waals surface area (Å²) in [6.45, 7) is 0.285. The number of nitrogens with two attached hydrogens (primary N) is 1. The van der Waals surface area contributed by atoms with Crippen molar-refractivity contribution in [2.45, 2.75) is 70.3 Å². The van der Waals surface area contributed by atoms with Crippen LogP contribution in [0.1, 0.15) is 64.2 Å². The molecule has 0 fully saturated rings. The number of alkyl carbamates (subject to hydrolysis) is 2. The van der Waals surface area contributed by atoms with Gasteiger partial charge in [-0.1, -0.05) is 12.8 Å². The average Bonchev–Trinajstić information content (AvgIpc) is 2.83. The van der Waals surface area contributed by atoms with Gasteiger partial charge < -0.3 is 35.3 Å². The second kappa shape index (κ2) is 22.1. The Hall–Kier alpha value is -4.12.